The van der Waals surface area contributed by atoms with Gasteiger partial charge in [0.05, 0.1) is 15.0 Å². The van der Waals surface area contributed by atoms with Crippen LogP contribution in [-0.4, -0.2) is 4.92 Å². The van der Waals surface area contributed by atoms with Crippen LogP contribution in [0.3, 0.4) is 0 Å². The third-order valence-electron chi connectivity index (χ3n) is 2.60. The summed E-state index contributed by atoms with van der Waals surface area (Å²) in [5.74, 6) is 0. The van der Waals surface area contributed by atoms with E-state index in [1.807, 2.05) is 0 Å². The minimum absolute atomic E-state index is 0.0825. The molecule has 0 aliphatic carbocycles. The molecule has 0 radical (unpaired) electrons. The van der Waals surface area contributed by atoms with Crippen molar-refractivity contribution in [2.24, 2.45) is 10.2 Å². The van der Waals surface area contributed by atoms with Crippen molar-refractivity contribution in [3.05, 3.63) is 67.1 Å². The Morgan fingerprint density at radius 1 is 1.09 bits per heavy atom. The molecule has 0 bridgehead atoms. The molecule has 1 unspecified atom stereocenters. The third-order valence-corrected chi connectivity index (χ3v) is 3.73. The van der Waals surface area contributed by atoms with E-state index in [1.54, 1.807) is 6.07 Å². The van der Waals surface area contributed by atoms with Gasteiger partial charge in [0.1, 0.15) is 5.69 Å². The van der Waals surface area contributed by atoms with Crippen LogP contribution in [0.25, 0.3) is 0 Å². The molecule has 0 fully saturated rings. The maximum absolute atomic E-state index is 10.7. The fraction of sp³-hybridized carbons (Fsp3) is 0.0769. The summed E-state index contributed by atoms with van der Waals surface area (Å²) in [6.07, 6.45) is 0. The maximum Gasteiger partial charge on any atom is 0.269 e. The average Bonchev–Trinajstić information content (AvgIpc) is 2.46. The average molecular weight is 379 g/mol. The number of nitro groups is 1. The third kappa shape index (κ3) is 4.08. The number of nitro benzene ring substituents is 1. The highest BCUT2D eigenvalue weighted by Gasteiger charge is 2.13. The summed E-state index contributed by atoms with van der Waals surface area (Å²) < 4.78 is 0. The van der Waals surface area contributed by atoms with Crippen LogP contribution in [0.2, 0.25) is 15.1 Å². The van der Waals surface area contributed by atoms with Gasteiger partial charge in [-0.2, -0.15) is 10.2 Å². The van der Waals surface area contributed by atoms with E-state index in [-0.39, 0.29) is 21.4 Å². The second-order valence-electron chi connectivity index (χ2n) is 4.12. The van der Waals surface area contributed by atoms with Crippen LogP contribution in [0.4, 0.5) is 11.4 Å². The van der Waals surface area contributed by atoms with Gasteiger partial charge in [-0.3, -0.25) is 10.1 Å². The summed E-state index contributed by atoms with van der Waals surface area (Å²) in [5, 5.41) is 19.3. The van der Waals surface area contributed by atoms with Crippen molar-refractivity contribution in [3.63, 3.8) is 0 Å². The first-order valence-corrected chi connectivity index (χ1v) is 7.39. The molecule has 2 aromatic carbocycles. The number of nitrogens with zero attached hydrogens (tertiary/aromatic N) is 3. The highest BCUT2D eigenvalue weighted by molar-refractivity contribution is 6.41. The zero-order valence-electron chi connectivity index (χ0n) is 10.7. The second-order valence-corrected chi connectivity index (χ2v) is 5.79. The Bertz CT molecular complexity index is 729. The number of non-ortho nitro benzene ring substituents is 1. The lowest BCUT2D eigenvalue weighted by Crippen LogP contribution is -1.91. The molecule has 0 saturated heterocycles. The Morgan fingerprint density at radius 3 is 2.32 bits per heavy atom. The van der Waals surface area contributed by atoms with Crippen molar-refractivity contribution in [1.29, 1.82) is 0 Å². The molecule has 22 heavy (non-hydrogen) atoms. The van der Waals surface area contributed by atoms with Gasteiger partial charge in [-0.25, -0.2) is 0 Å². The van der Waals surface area contributed by atoms with E-state index in [9.17, 15) is 10.1 Å². The van der Waals surface area contributed by atoms with Crippen LogP contribution in [0, 0.1) is 10.1 Å². The first kappa shape index (κ1) is 17.0. The Kier molecular flexibility index (Phi) is 5.58. The topological polar surface area (TPSA) is 67.9 Å². The predicted octanol–water partition coefficient (Wildman–Crippen LogP) is 6.58. The van der Waals surface area contributed by atoms with E-state index < -0.39 is 10.4 Å². The molecule has 2 aromatic rings. The van der Waals surface area contributed by atoms with Crippen LogP contribution >= 0.6 is 46.4 Å². The van der Waals surface area contributed by atoms with Crippen molar-refractivity contribution in [2.45, 2.75) is 5.50 Å². The van der Waals surface area contributed by atoms with E-state index >= 15 is 0 Å². The number of halogens is 4. The van der Waals surface area contributed by atoms with Gasteiger partial charge in [-0.1, -0.05) is 58.5 Å². The van der Waals surface area contributed by atoms with E-state index in [0.29, 0.717) is 10.6 Å². The van der Waals surface area contributed by atoms with E-state index in [1.165, 1.54) is 30.3 Å². The fourth-order valence-electron chi connectivity index (χ4n) is 1.59. The molecule has 9 heteroatoms. The lowest BCUT2D eigenvalue weighted by molar-refractivity contribution is -0.384. The van der Waals surface area contributed by atoms with Crippen molar-refractivity contribution in [2.75, 3.05) is 0 Å². The minimum Gasteiger partial charge on any atom is -0.258 e. The molecule has 0 spiro atoms. The van der Waals surface area contributed by atoms with Gasteiger partial charge in [0, 0.05) is 22.7 Å². The Labute approximate surface area is 145 Å². The molecular weight excluding hydrogens is 372 g/mol. The molecule has 0 N–H and O–H groups in total. The van der Waals surface area contributed by atoms with Crippen LogP contribution in [-0.2, 0) is 0 Å². The van der Waals surface area contributed by atoms with Crippen molar-refractivity contribution >= 4 is 57.8 Å². The summed E-state index contributed by atoms with van der Waals surface area (Å²) in [5.41, 5.74) is -0.340. The van der Waals surface area contributed by atoms with Crippen LogP contribution in [0.5, 0.6) is 0 Å². The highest BCUT2D eigenvalue weighted by Crippen LogP contribution is 2.37. The maximum atomic E-state index is 10.7. The van der Waals surface area contributed by atoms with Gasteiger partial charge in [0.15, 0.2) is 5.50 Å². The minimum atomic E-state index is -0.914. The van der Waals surface area contributed by atoms with Gasteiger partial charge in [0.25, 0.3) is 5.69 Å². The van der Waals surface area contributed by atoms with Crippen molar-refractivity contribution in [3.8, 4) is 0 Å². The summed E-state index contributed by atoms with van der Waals surface area (Å²) in [6.45, 7) is 0. The molecule has 0 aliphatic rings. The predicted molar refractivity (Wildman–Crippen MR) is 87.7 cm³/mol. The fourth-order valence-corrected chi connectivity index (χ4v) is 2.66. The summed E-state index contributed by atoms with van der Waals surface area (Å²) in [4.78, 5) is 10.2. The number of azo groups is 1. The van der Waals surface area contributed by atoms with Crippen LogP contribution in [0.1, 0.15) is 11.1 Å². The quantitative estimate of drug-likeness (QED) is 0.198. The molecule has 2 rings (SSSR count). The first-order chi connectivity index (χ1) is 10.4. The van der Waals surface area contributed by atoms with E-state index in [0.717, 1.165) is 0 Å². The molecule has 0 heterocycles. The van der Waals surface area contributed by atoms with Crippen molar-refractivity contribution < 1.29 is 4.92 Å². The lowest BCUT2D eigenvalue weighted by atomic mass is 10.2. The summed E-state index contributed by atoms with van der Waals surface area (Å²) in [6, 6.07) is 8.74. The standard InChI is InChI=1S/C13H7Cl4N3O2/c14-8-5-10(15)12(11(16)6-8)18-19-13(17)7-2-1-3-9(4-7)20(21)22/h1-6,13H. The molecule has 114 valence electrons. The smallest absolute Gasteiger partial charge is 0.258 e. The largest absolute Gasteiger partial charge is 0.269 e. The first-order valence-electron chi connectivity index (χ1n) is 5.82. The molecule has 5 nitrogen and oxygen atoms in total. The van der Waals surface area contributed by atoms with Gasteiger partial charge in [0.2, 0.25) is 0 Å². The number of benzene rings is 2. The van der Waals surface area contributed by atoms with Gasteiger partial charge >= 0.3 is 0 Å². The van der Waals surface area contributed by atoms with Crippen LogP contribution < -0.4 is 0 Å². The monoisotopic (exact) mass is 377 g/mol. The number of hydrogen-bond acceptors (Lipinski definition) is 4. The lowest BCUT2D eigenvalue weighted by Gasteiger charge is -2.05. The zero-order chi connectivity index (χ0) is 16.3. The SMILES string of the molecule is O=[N+]([O-])c1cccc(C(Cl)N=Nc2c(Cl)cc(Cl)cc2Cl)c1. The second kappa shape index (κ2) is 7.24. The summed E-state index contributed by atoms with van der Waals surface area (Å²) >= 11 is 23.8. The number of hydrogen-bond donors (Lipinski definition) is 0. The number of rotatable bonds is 4. The zero-order valence-corrected chi connectivity index (χ0v) is 13.7. The van der Waals surface area contributed by atoms with Crippen LogP contribution in [0.15, 0.2) is 46.6 Å². The highest BCUT2D eigenvalue weighted by atomic mass is 35.5. The van der Waals surface area contributed by atoms with Crippen molar-refractivity contribution in [1.82, 2.24) is 0 Å². The molecular formula is C13H7Cl4N3O2. The van der Waals surface area contributed by atoms with E-state index in [2.05, 4.69) is 10.2 Å². The Morgan fingerprint density at radius 2 is 1.73 bits per heavy atom. The number of alkyl halides is 1. The van der Waals surface area contributed by atoms with Gasteiger partial charge in [-0.05, 0) is 12.1 Å². The van der Waals surface area contributed by atoms with Gasteiger partial charge < -0.3 is 0 Å². The molecule has 0 aromatic heterocycles. The molecule has 0 amide bonds. The van der Waals surface area contributed by atoms with Gasteiger partial charge in [-0.15, -0.1) is 0 Å². The van der Waals surface area contributed by atoms with E-state index in [4.69, 9.17) is 46.4 Å². The normalized spacial score (nSPS) is 12.5. The summed E-state index contributed by atoms with van der Waals surface area (Å²) in [7, 11) is 0. The molecule has 0 aliphatic heterocycles. The molecule has 1 atom stereocenters. The molecule has 0 saturated carbocycles. The Hall–Kier alpha value is -1.40. The Balaban J connectivity index is 2.27.